The fourth-order valence-electron chi connectivity index (χ4n) is 1.97. The first-order valence-corrected chi connectivity index (χ1v) is 6.54. The van der Waals surface area contributed by atoms with Crippen LogP contribution in [0.25, 0.3) is 0 Å². The van der Waals surface area contributed by atoms with Gasteiger partial charge >= 0.3 is 0 Å². The zero-order valence-electron chi connectivity index (χ0n) is 10.1. The average Bonchev–Trinajstić information content (AvgIpc) is 2.43. The molecule has 0 radical (unpaired) electrons. The molecular weight excluding hydrogens is 291 g/mol. The third kappa shape index (κ3) is 2.95. The summed E-state index contributed by atoms with van der Waals surface area (Å²) >= 11 is 11.8. The summed E-state index contributed by atoms with van der Waals surface area (Å²) < 4.78 is 5.23. The molecule has 1 aromatic rings. The number of nitrogen functional groups attached to an aromatic ring is 1. The molecule has 19 heavy (non-hydrogen) atoms. The molecule has 1 atom stereocenters. The van der Waals surface area contributed by atoms with Crippen LogP contribution in [0.5, 0.6) is 0 Å². The second-order valence-corrected chi connectivity index (χ2v) is 5.06. The first-order chi connectivity index (χ1) is 9.04. The van der Waals surface area contributed by atoms with Crippen molar-refractivity contribution >= 4 is 34.8 Å². The number of aliphatic hydroxyl groups excluding tert-OH is 1. The molecule has 0 saturated carbocycles. The highest BCUT2D eigenvalue weighted by atomic mass is 35.5. The van der Waals surface area contributed by atoms with Crippen LogP contribution in [0.15, 0.2) is 12.1 Å². The Kier molecular flexibility index (Phi) is 4.52. The van der Waals surface area contributed by atoms with Gasteiger partial charge in [-0.15, -0.1) is 0 Å². The van der Waals surface area contributed by atoms with Crippen LogP contribution in [0.3, 0.4) is 0 Å². The third-order valence-corrected chi connectivity index (χ3v) is 3.82. The van der Waals surface area contributed by atoms with E-state index in [1.165, 1.54) is 12.1 Å². The molecule has 5 nitrogen and oxygen atoms in total. The van der Waals surface area contributed by atoms with Gasteiger partial charge in [0.1, 0.15) is 0 Å². The number of halogens is 2. The summed E-state index contributed by atoms with van der Waals surface area (Å²) in [6, 6.07) is 2.62. The van der Waals surface area contributed by atoms with Gasteiger partial charge < -0.3 is 20.5 Å². The molecule has 0 aliphatic carbocycles. The van der Waals surface area contributed by atoms with Crippen LogP contribution < -0.4 is 5.73 Å². The number of nitrogens with zero attached hydrogens (tertiary/aromatic N) is 1. The van der Waals surface area contributed by atoms with E-state index in [-0.39, 0.29) is 34.3 Å². The van der Waals surface area contributed by atoms with E-state index in [0.717, 1.165) is 0 Å². The minimum Gasteiger partial charge on any atom is -0.397 e. The van der Waals surface area contributed by atoms with Gasteiger partial charge in [-0.2, -0.15) is 0 Å². The van der Waals surface area contributed by atoms with Gasteiger partial charge in [0.05, 0.1) is 41.6 Å². The van der Waals surface area contributed by atoms with Crippen molar-refractivity contribution < 1.29 is 14.6 Å². The van der Waals surface area contributed by atoms with Gasteiger partial charge in [-0.3, -0.25) is 4.79 Å². The number of benzene rings is 1. The van der Waals surface area contributed by atoms with Gasteiger partial charge in [-0.05, 0) is 12.1 Å². The molecule has 0 aromatic heterocycles. The van der Waals surface area contributed by atoms with Crippen molar-refractivity contribution in [3.05, 3.63) is 27.7 Å². The average molecular weight is 305 g/mol. The number of hydrogen-bond acceptors (Lipinski definition) is 4. The van der Waals surface area contributed by atoms with E-state index in [2.05, 4.69) is 0 Å². The highest BCUT2D eigenvalue weighted by Gasteiger charge is 2.28. The van der Waals surface area contributed by atoms with Crippen LogP contribution in [0.4, 0.5) is 5.69 Å². The molecule has 2 rings (SSSR count). The number of morpholine rings is 1. The monoisotopic (exact) mass is 304 g/mol. The van der Waals surface area contributed by atoms with Crippen molar-refractivity contribution in [2.45, 2.75) is 6.04 Å². The van der Waals surface area contributed by atoms with Crippen molar-refractivity contribution in [3.63, 3.8) is 0 Å². The van der Waals surface area contributed by atoms with Gasteiger partial charge in [0, 0.05) is 12.1 Å². The van der Waals surface area contributed by atoms with Crippen molar-refractivity contribution in [2.75, 3.05) is 32.1 Å². The van der Waals surface area contributed by atoms with Crippen molar-refractivity contribution in [1.29, 1.82) is 0 Å². The minimum atomic E-state index is -0.350. The number of amides is 1. The van der Waals surface area contributed by atoms with Crippen molar-refractivity contribution in [2.24, 2.45) is 0 Å². The number of rotatable bonds is 2. The van der Waals surface area contributed by atoms with E-state index in [0.29, 0.717) is 25.3 Å². The van der Waals surface area contributed by atoms with Crippen LogP contribution in [0.2, 0.25) is 10.0 Å². The lowest BCUT2D eigenvalue weighted by Crippen LogP contribution is -2.50. The summed E-state index contributed by atoms with van der Waals surface area (Å²) in [6.07, 6.45) is 0. The van der Waals surface area contributed by atoms with Gasteiger partial charge in [0.15, 0.2) is 0 Å². The maximum absolute atomic E-state index is 12.4. The molecule has 0 bridgehead atoms. The number of carbonyl (C=O) groups excluding carboxylic acids is 1. The number of carbonyl (C=O) groups is 1. The normalized spacial score (nSPS) is 19.5. The highest BCUT2D eigenvalue weighted by molar-refractivity contribution is 6.43. The van der Waals surface area contributed by atoms with Crippen LogP contribution in [-0.2, 0) is 4.74 Å². The van der Waals surface area contributed by atoms with E-state index in [1.54, 1.807) is 4.90 Å². The zero-order valence-corrected chi connectivity index (χ0v) is 11.6. The quantitative estimate of drug-likeness (QED) is 0.810. The molecule has 7 heteroatoms. The standard InChI is InChI=1S/C12H14Cl2N2O3/c13-9-3-7(4-10(15)11(9)14)12(18)16-1-2-19-6-8(16)5-17/h3-4,8,17H,1-2,5-6,15H2. The van der Waals surface area contributed by atoms with Gasteiger partial charge in [-0.1, -0.05) is 23.2 Å². The van der Waals surface area contributed by atoms with Crippen LogP contribution in [-0.4, -0.2) is 48.3 Å². The second-order valence-electron chi connectivity index (χ2n) is 4.27. The molecule has 3 N–H and O–H groups in total. The Hall–Kier alpha value is -1.01. The molecule has 1 saturated heterocycles. The van der Waals surface area contributed by atoms with E-state index >= 15 is 0 Å². The van der Waals surface area contributed by atoms with Crippen molar-refractivity contribution in [1.82, 2.24) is 4.90 Å². The molecule has 104 valence electrons. The van der Waals surface area contributed by atoms with E-state index < -0.39 is 0 Å². The summed E-state index contributed by atoms with van der Waals surface area (Å²) in [6.45, 7) is 1.03. The predicted octanol–water partition coefficient (Wildman–Crippen LogP) is 1.41. The zero-order chi connectivity index (χ0) is 14.0. The second kappa shape index (κ2) is 5.96. The Balaban J connectivity index is 2.28. The predicted molar refractivity (Wildman–Crippen MR) is 73.6 cm³/mol. The molecule has 0 spiro atoms. The highest BCUT2D eigenvalue weighted by Crippen LogP contribution is 2.30. The Bertz CT molecular complexity index is 473. The molecule has 1 aliphatic heterocycles. The summed E-state index contributed by atoms with van der Waals surface area (Å²) in [4.78, 5) is 13.9. The molecule has 1 aliphatic rings. The van der Waals surface area contributed by atoms with Gasteiger partial charge in [0.2, 0.25) is 0 Å². The number of anilines is 1. The van der Waals surface area contributed by atoms with Crippen molar-refractivity contribution in [3.8, 4) is 0 Å². The van der Waals surface area contributed by atoms with E-state index in [4.69, 9.17) is 33.7 Å². The van der Waals surface area contributed by atoms with Crippen LogP contribution >= 0.6 is 23.2 Å². The van der Waals surface area contributed by atoms with Crippen LogP contribution in [0.1, 0.15) is 10.4 Å². The smallest absolute Gasteiger partial charge is 0.254 e. The number of ether oxygens (including phenoxy) is 1. The molecular formula is C12H14Cl2N2O3. The Morgan fingerprint density at radius 3 is 2.89 bits per heavy atom. The summed E-state index contributed by atoms with van der Waals surface area (Å²) in [5, 5.41) is 9.73. The number of nitrogens with two attached hydrogens (primary N) is 1. The SMILES string of the molecule is Nc1cc(C(=O)N2CCOCC2CO)cc(Cl)c1Cl. The lowest BCUT2D eigenvalue weighted by Gasteiger charge is -2.34. The van der Waals surface area contributed by atoms with E-state index in [1.807, 2.05) is 0 Å². The molecule has 1 amide bonds. The number of aliphatic hydroxyl groups is 1. The summed E-state index contributed by atoms with van der Waals surface area (Å²) in [7, 11) is 0. The summed E-state index contributed by atoms with van der Waals surface area (Å²) in [5.74, 6) is -0.243. The Labute approximate surface area is 120 Å². The summed E-state index contributed by atoms with van der Waals surface area (Å²) in [5.41, 5.74) is 6.30. The first kappa shape index (κ1) is 14.4. The molecule has 1 fully saturated rings. The third-order valence-electron chi connectivity index (χ3n) is 3.00. The maximum Gasteiger partial charge on any atom is 0.254 e. The lowest BCUT2D eigenvalue weighted by atomic mass is 10.1. The Morgan fingerprint density at radius 1 is 1.53 bits per heavy atom. The minimum absolute atomic E-state index is 0.150. The van der Waals surface area contributed by atoms with Gasteiger partial charge in [0.25, 0.3) is 5.91 Å². The first-order valence-electron chi connectivity index (χ1n) is 5.78. The molecule has 1 heterocycles. The van der Waals surface area contributed by atoms with Gasteiger partial charge in [-0.25, -0.2) is 0 Å². The lowest BCUT2D eigenvalue weighted by molar-refractivity contribution is -0.0183. The van der Waals surface area contributed by atoms with Crippen LogP contribution in [0, 0.1) is 0 Å². The Morgan fingerprint density at radius 2 is 2.26 bits per heavy atom. The molecule has 1 aromatic carbocycles. The molecule has 1 unspecified atom stereocenters. The largest absolute Gasteiger partial charge is 0.397 e. The van der Waals surface area contributed by atoms with E-state index in [9.17, 15) is 9.90 Å². The number of hydrogen-bond donors (Lipinski definition) is 2. The fraction of sp³-hybridized carbons (Fsp3) is 0.417. The fourth-order valence-corrected chi connectivity index (χ4v) is 2.31. The maximum atomic E-state index is 12.4. The topological polar surface area (TPSA) is 75.8 Å².